The molecule has 1 saturated heterocycles. The van der Waals surface area contributed by atoms with E-state index in [1.54, 1.807) is 18.2 Å². The lowest BCUT2D eigenvalue weighted by Crippen LogP contribution is -2.29. The Bertz CT molecular complexity index is 1600. The summed E-state index contributed by atoms with van der Waals surface area (Å²) < 4.78 is 0.850. The number of aromatic nitrogens is 2. The second kappa shape index (κ2) is 8.90. The maximum Gasteiger partial charge on any atom is 0.301 e. The zero-order valence-electron chi connectivity index (χ0n) is 20.2. The molecule has 3 heterocycles. The van der Waals surface area contributed by atoms with E-state index in [0.717, 1.165) is 16.3 Å². The second-order valence-corrected chi connectivity index (χ2v) is 10.7. The molecule has 1 fully saturated rings. The van der Waals surface area contributed by atoms with Crippen LogP contribution in [0.5, 0.6) is 0 Å². The average molecular weight is 515 g/mol. The van der Waals surface area contributed by atoms with E-state index in [-0.39, 0.29) is 27.4 Å². The fourth-order valence-electron chi connectivity index (χ4n) is 4.25. The second-order valence-electron chi connectivity index (χ2n) is 9.66. The number of nitro groups is 1. The predicted molar refractivity (Wildman–Crippen MR) is 140 cm³/mol. The maximum atomic E-state index is 13.4. The van der Waals surface area contributed by atoms with Crippen molar-refractivity contribution in [2.45, 2.75) is 32.2 Å². The van der Waals surface area contributed by atoms with Crippen molar-refractivity contribution in [3.8, 4) is 0 Å². The molecule has 0 radical (unpaired) electrons. The number of aliphatic hydroxyl groups is 1. The van der Waals surface area contributed by atoms with E-state index >= 15 is 0 Å². The van der Waals surface area contributed by atoms with E-state index < -0.39 is 28.4 Å². The number of fused-ring (bicyclic) bond motifs is 1. The minimum Gasteiger partial charge on any atom is -0.507 e. The van der Waals surface area contributed by atoms with Crippen molar-refractivity contribution in [1.82, 2.24) is 9.97 Å². The molecular formula is C27H22N4O5S. The van der Waals surface area contributed by atoms with Crippen LogP contribution in [-0.4, -0.2) is 31.7 Å². The van der Waals surface area contributed by atoms with Crippen LogP contribution in [0.1, 0.15) is 43.6 Å². The van der Waals surface area contributed by atoms with Crippen molar-refractivity contribution >= 4 is 49.8 Å². The first-order valence-electron chi connectivity index (χ1n) is 11.4. The molecule has 2 aromatic carbocycles. The number of carbonyl (C=O) groups is 2. The van der Waals surface area contributed by atoms with Gasteiger partial charge in [-0.05, 0) is 35.2 Å². The van der Waals surface area contributed by atoms with Gasteiger partial charge in [0, 0.05) is 23.9 Å². The van der Waals surface area contributed by atoms with Gasteiger partial charge in [0.05, 0.1) is 26.4 Å². The molecule has 186 valence electrons. The molecule has 9 nitrogen and oxygen atoms in total. The Morgan fingerprint density at radius 1 is 1.08 bits per heavy atom. The molecule has 5 rings (SSSR count). The van der Waals surface area contributed by atoms with Crippen LogP contribution in [0.25, 0.3) is 16.0 Å². The van der Waals surface area contributed by atoms with Crippen molar-refractivity contribution in [3.63, 3.8) is 0 Å². The highest BCUT2D eigenvalue weighted by Crippen LogP contribution is 2.44. The highest BCUT2D eigenvalue weighted by molar-refractivity contribution is 7.22. The number of Topliss-reactive ketones (excluding diaryl/α,β-unsaturated/α-hetero) is 1. The molecule has 1 aliphatic heterocycles. The molecule has 37 heavy (non-hydrogen) atoms. The summed E-state index contributed by atoms with van der Waals surface area (Å²) in [5.41, 5.74) is 1.62. The van der Waals surface area contributed by atoms with E-state index in [2.05, 4.69) is 30.7 Å². The molecule has 10 heteroatoms. The zero-order chi connectivity index (χ0) is 26.5. The Hall–Kier alpha value is -4.44. The number of hydrogen-bond acceptors (Lipinski definition) is 8. The van der Waals surface area contributed by atoms with Crippen molar-refractivity contribution < 1.29 is 19.6 Å². The summed E-state index contributed by atoms with van der Waals surface area (Å²) in [6.07, 6.45) is 1.52. The lowest BCUT2D eigenvalue weighted by atomic mass is 9.87. The smallest absolute Gasteiger partial charge is 0.301 e. The largest absolute Gasteiger partial charge is 0.507 e. The predicted octanol–water partition coefficient (Wildman–Crippen LogP) is 5.52. The number of nitrogens with zero attached hydrogens (tertiary/aromatic N) is 4. The third-order valence-electron chi connectivity index (χ3n) is 6.19. The third kappa shape index (κ3) is 4.25. The van der Waals surface area contributed by atoms with E-state index in [9.17, 15) is 24.8 Å². The summed E-state index contributed by atoms with van der Waals surface area (Å²) in [5, 5.41) is 22.7. The summed E-state index contributed by atoms with van der Waals surface area (Å²) in [5.74, 6) is -2.30. The highest BCUT2D eigenvalue weighted by Gasteiger charge is 2.49. The Labute approximate surface area is 215 Å². The van der Waals surface area contributed by atoms with Crippen molar-refractivity contribution in [1.29, 1.82) is 0 Å². The number of carbonyl (C=O) groups excluding carboxylic acids is 2. The molecule has 1 aliphatic rings. The van der Waals surface area contributed by atoms with Crippen LogP contribution in [0, 0.1) is 10.1 Å². The lowest BCUT2D eigenvalue weighted by Gasteiger charge is -2.21. The fraction of sp³-hybridized carbons (Fsp3) is 0.185. The molecule has 1 atom stereocenters. The Kier molecular flexibility index (Phi) is 5.83. The number of nitro benzene ring substituents is 1. The van der Waals surface area contributed by atoms with E-state index in [1.165, 1.54) is 40.6 Å². The molecule has 1 unspecified atom stereocenters. The van der Waals surface area contributed by atoms with Gasteiger partial charge in [0.25, 0.3) is 11.5 Å². The van der Waals surface area contributed by atoms with Gasteiger partial charge in [-0.3, -0.25) is 29.6 Å². The third-order valence-corrected chi connectivity index (χ3v) is 7.21. The number of aliphatic hydroxyl groups excluding tert-OH is 1. The summed E-state index contributed by atoms with van der Waals surface area (Å²) in [7, 11) is 0. The molecule has 2 aromatic heterocycles. The summed E-state index contributed by atoms with van der Waals surface area (Å²) in [4.78, 5) is 47.6. The number of rotatable bonds is 4. The number of anilines is 1. The molecule has 4 aromatic rings. The summed E-state index contributed by atoms with van der Waals surface area (Å²) in [6.45, 7) is 6.30. The quantitative estimate of drug-likeness (QED) is 0.125. The van der Waals surface area contributed by atoms with Crippen LogP contribution >= 0.6 is 11.3 Å². The number of thiazole rings is 1. The van der Waals surface area contributed by atoms with Crippen LogP contribution < -0.4 is 4.90 Å². The van der Waals surface area contributed by atoms with Crippen LogP contribution in [0.4, 0.5) is 10.8 Å². The average Bonchev–Trinajstić information content (AvgIpc) is 3.41. The van der Waals surface area contributed by atoms with Crippen molar-refractivity contribution in [2.24, 2.45) is 0 Å². The Balaban J connectivity index is 1.70. The minimum absolute atomic E-state index is 0.0484. The molecule has 0 spiro atoms. The van der Waals surface area contributed by atoms with Gasteiger partial charge in [-0.2, -0.15) is 0 Å². The molecular weight excluding hydrogens is 492 g/mol. The van der Waals surface area contributed by atoms with Crippen LogP contribution in [-0.2, 0) is 15.0 Å². The topological polar surface area (TPSA) is 127 Å². The number of ketones is 1. The van der Waals surface area contributed by atoms with Crippen LogP contribution in [0.3, 0.4) is 0 Å². The molecule has 0 bridgehead atoms. The number of amides is 1. The fourth-order valence-corrected chi connectivity index (χ4v) is 5.28. The maximum absolute atomic E-state index is 13.4. The van der Waals surface area contributed by atoms with Crippen molar-refractivity contribution in [3.05, 3.63) is 99.4 Å². The van der Waals surface area contributed by atoms with Crippen LogP contribution in [0.15, 0.2) is 72.4 Å². The van der Waals surface area contributed by atoms with Gasteiger partial charge in [0.1, 0.15) is 11.8 Å². The molecule has 1 amide bonds. The Morgan fingerprint density at radius 3 is 2.54 bits per heavy atom. The molecule has 1 N–H and O–H groups in total. The van der Waals surface area contributed by atoms with Gasteiger partial charge in [-0.1, -0.05) is 56.4 Å². The number of benzene rings is 2. The van der Waals surface area contributed by atoms with Gasteiger partial charge >= 0.3 is 5.91 Å². The number of pyridine rings is 1. The van der Waals surface area contributed by atoms with Crippen molar-refractivity contribution in [2.75, 3.05) is 4.90 Å². The summed E-state index contributed by atoms with van der Waals surface area (Å²) >= 11 is 1.27. The van der Waals surface area contributed by atoms with Gasteiger partial charge < -0.3 is 5.11 Å². The first kappa shape index (κ1) is 24.3. The minimum atomic E-state index is -1.07. The first-order valence-corrected chi connectivity index (χ1v) is 12.3. The van der Waals surface area contributed by atoms with Gasteiger partial charge in [-0.15, -0.1) is 0 Å². The normalized spacial score (nSPS) is 17.5. The van der Waals surface area contributed by atoms with Crippen LogP contribution in [0.2, 0.25) is 0 Å². The van der Waals surface area contributed by atoms with E-state index in [4.69, 9.17) is 0 Å². The SMILES string of the molecule is CC(C)(C)c1ccc2nc(N3C(=O)C(=O)/C(=C(/O)c4cccc([N+](=O)[O-])c4)C3c3ccccn3)sc2c1. The highest BCUT2D eigenvalue weighted by atomic mass is 32.1. The Morgan fingerprint density at radius 2 is 1.86 bits per heavy atom. The summed E-state index contributed by atoms with van der Waals surface area (Å²) in [6, 6.07) is 15.2. The lowest BCUT2D eigenvalue weighted by molar-refractivity contribution is -0.384. The van der Waals surface area contributed by atoms with E-state index in [0.29, 0.717) is 11.2 Å². The van der Waals surface area contributed by atoms with Gasteiger partial charge in [0.2, 0.25) is 0 Å². The van der Waals surface area contributed by atoms with E-state index in [1.807, 2.05) is 18.2 Å². The van der Waals surface area contributed by atoms with Gasteiger partial charge in [0.15, 0.2) is 5.13 Å². The van der Waals surface area contributed by atoms with Gasteiger partial charge in [-0.25, -0.2) is 4.98 Å². The number of hydrogen-bond donors (Lipinski definition) is 1. The first-order chi connectivity index (χ1) is 17.6. The number of non-ortho nitro benzene ring substituents is 1. The standard InChI is InChI=1S/C27H22N4O5S/c1-27(2,3)16-10-11-18-20(14-16)37-26(29-18)30-22(19-9-4-5-12-28-19)21(24(33)25(30)34)23(32)15-7-6-8-17(13-15)31(35)36/h4-14,22,32H,1-3H3/b23-21+. The molecule has 0 saturated carbocycles. The molecule has 0 aliphatic carbocycles. The zero-order valence-corrected chi connectivity index (χ0v) is 21.0. The monoisotopic (exact) mass is 514 g/mol.